The van der Waals surface area contributed by atoms with E-state index in [9.17, 15) is 0 Å². The minimum Gasteiger partial charge on any atom is -0.373 e. The van der Waals surface area contributed by atoms with Crippen LogP contribution in [0.5, 0.6) is 0 Å². The number of ether oxygens (including phenoxy) is 1. The number of nitrogens with one attached hydrogen (secondary N) is 2. The van der Waals surface area contributed by atoms with E-state index in [1.165, 1.54) is 19.4 Å². The molecule has 5 heteroatoms. The van der Waals surface area contributed by atoms with Gasteiger partial charge in [0.2, 0.25) is 0 Å². The van der Waals surface area contributed by atoms with Gasteiger partial charge in [-0.25, -0.2) is 0 Å². The molecule has 2 unspecified atom stereocenters. The van der Waals surface area contributed by atoms with Crippen LogP contribution in [0.4, 0.5) is 0 Å². The zero-order valence-electron chi connectivity index (χ0n) is 9.16. The maximum Gasteiger partial charge on any atom is 0.166 e. The van der Waals surface area contributed by atoms with E-state index >= 15 is 0 Å². The predicted molar refractivity (Wildman–Crippen MR) is 64.0 cm³/mol. The second-order valence-electron chi connectivity index (χ2n) is 4.21. The largest absolute Gasteiger partial charge is 0.373 e. The molecule has 0 aromatic rings. The van der Waals surface area contributed by atoms with E-state index in [0.29, 0.717) is 11.2 Å². The summed E-state index contributed by atoms with van der Waals surface area (Å²) in [6.45, 7) is 3.98. The molecule has 0 amide bonds. The first-order valence-electron chi connectivity index (χ1n) is 5.61. The second kappa shape index (κ2) is 5.09. The normalized spacial score (nSPS) is 31.0. The van der Waals surface area contributed by atoms with E-state index in [-0.39, 0.29) is 6.10 Å². The van der Waals surface area contributed by atoms with Gasteiger partial charge in [0.1, 0.15) is 0 Å². The monoisotopic (exact) mass is 229 g/mol. The number of nitrogens with zero attached hydrogens (tertiary/aromatic N) is 1. The first-order valence-corrected chi connectivity index (χ1v) is 6.01. The van der Waals surface area contributed by atoms with Crippen molar-refractivity contribution in [2.24, 2.45) is 0 Å². The molecular formula is C10H19N3OS. The van der Waals surface area contributed by atoms with E-state index in [4.69, 9.17) is 17.0 Å². The first kappa shape index (κ1) is 11.1. The maximum absolute atomic E-state index is 5.80. The Balaban J connectivity index is 1.73. The van der Waals surface area contributed by atoms with Crippen molar-refractivity contribution < 1.29 is 4.74 Å². The van der Waals surface area contributed by atoms with Crippen molar-refractivity contribution in [3.05, 3.63) is 0 Å². The Bertz CT molecular complexity index is 237. The number of thiocarbonyl (C=S) groups is 1. The summed E-state index contributed by atoms with van der Waals surface area (Å²) < 4.78 is 5.80. The molecule has 2 heterocycles. The van der Waals surface area contributed by atoms with Gasteiger partial charge in [-0.1, -0.05) is 0 Å². The Morgan fingerprint density at radius 3 is 3.27 bits per heavy atom. The highest BCUT2D eigenvalue weighted by Crippen LogP contribution is 2.22. The molecule has 2 N–H and O–H groups in total. The number of hydrogen-bond acceptors (Lipinski definition) is 3. The summed E-state index contributed by atoms with van der Waals surface area (Å²) in [6.07, 6.45) is 2.91. The molecule has 15 heavy (non-hydrogen) atoms. The van der Waals surface area contributed by atoms with Crippen molar-refractivity contribution in [3.8, 4) is 0 Å². The summed E-state index contributed by atoms with van der Waals surface area (Å²) in [5.41, 5.74) is 0. The summed E-state index contributed by atoms with van der Waals surface area (Å²) in [5.74, 6) is 0. The zero-order valence-corrected chi connectivity index (χ0v) is 9.98. The standard InChI is InChI=1S/C10H19N3OS/c1-11-10(15)12-5-9-6-13-4-2-3-8(13)7-14-9/h8-9H,2-7H2,1H3,(H2,11,12,15). The third-order valence-electron chi connectivity index (χ3n) is 3.18. The van der Waals surface area contributed by atoms with Crippen molar-refractivity contribution in [2.75, 3.05) is 33.3 Å². The number of morpholine rings is 1. The maximum atomic E-state index is 5.80. The van der Waals surface area contributed by atoms with Crippen molar-refractivity contribution in [3.63, 3.8) is 0 Å². The minimum atomic E-state index is 0.283. The molecule has 0 bridgehead atoms. The molecule has 0 aromatic heterocycles. The molecule has 2 saturated heterocycles. The fraction of sp³-hybridized carbons (Fsp3) is 0.900. The van der Waals surface area contributed by atoms with Crippen LogP contribution in [-0.4, -0.2) is 55.4 Å². The predicted octanol–water partition coefficient (Wildman–Crippen LogP) is -0.0565. The lowest BCUT2D eigenvalue weighted by molar-refractivity contribution is -0.0452. The molecule has 0 aliphatic carbocycles. The van der Waals surface area contributed by atoms with Gasteiger partial charge in [-0.3, -0.25) is 4.90 Å². The molecular weight excluding hydrogens is 210 g/mol. The molecule has 2 rings (SSSR count). The van der Waals surface area contributed by atoms with E-state index in [2.05, 4.69) is 15.5 Å². The van der Waals surface area contributed by atoms with Gasteiger partial charge in [-0.15, -0.1) is 0 Å². The van der Waals surface area contributed by atoms with Crippen LogP contribution in [0.3, 0.4) is 0 Å². The Hall–Kier alpha value is -0.390. The fourth-order valence-corrected chi connectivity index (χ4v) is 2.39. The summed E-state index contributed by atoms with van der Waals surface area (Å²) in [5, 5.41) is 6.75. The molecule has 2 aliphatic heterocycles. The highest BCUT2D eigenvalue weighted by Gasteiger charge is 2.31. The average molecular weight is 229 g/mol. The topological polar surface area (TPSA) is 36.5 Å². The average Bonchev–Trinajstić information content (AvgIpc) is 2.72. The van der Waals surface area contributed by atoms with Crippen LogP contribution in [0.2, 0.25) is 0 Å². The molecule has 0 saturated carbocycles. The van der Waals surface area contributed by atoms with Gasteiger partial charge >= 0.3 is 0 Å². The van der Waals surface area contributed by atoms with Gasteiger partial charge in [0.05, 0.1) is 12.7 Å². The SMILES string of the molecule is CNC(=S)NCC1CN2CCCC2CO1. The molecule has 2 aliphatic rings. The van der Waals surface area contributed by atoms with Gasteiger partial charge in [-0.05, 0) is 31.6 Å². The molecule has 4 nitrogen and oxygen atoms in total. The fourth-order valence-electron chi connectivity index (χ4n) is 2.30. The molecule has 0 spiro atoms. The van der Waals surface area contributed by atoms with Crippen LogP contribution in [0, 0.1) is 0 Å². The van der Waals surface area contributed by atoms with Gasteiger partial charge in [-0.2, -0.15) is 0 Å². The van der Waals surface area contributed by atoms with Crippen molar-refractivity contribution in [1.29, 1.82) is 0 Å². The lowest BCUT2D eigenvalue weighted by Crippen LogP contribution is -2.50. The quantitative estimate of drug-likeness (QED) is 0.649. The van der Waals surface area contributed by atoms with E-state index in [1.54, 1.807) is 0 Å². The third-order valence-corrected chi connectivity index (χ3v) is 3.53. The van der Waals surface area contributed by atoms with E-state index in [0.717, 1.165) is 19.7 Å². The summed E-state index contributed by atoms with van der Waals surface area (Å²) in [6, 6.07) is 0.678. The molecule has 0 aromatic carbocycles. The lowest BCUT2D eigenvalue weighted by Gasteiger charge is -2.35. The van der Waals surface area contributed by atoms with Crippen LogP contribution in [0.25, 0.3) is 0 Å². The van der Waals surface area contributed by atoms with Crippen LogP contribution in [-0.2, 0) is 4.74 Å². The number of fused-ring (bicyclic) bond motifs is 1. The van der Waals surface area contributed by atoms with E-state index in [1.807, 2.05) is 7.05 Å². The highest BCUT2D eigenvalue weighted by atomic mass is 32.1. The molecule has 0 radical (unpaired) electrons. The van der Waals surface area contributed by atoms with Gasteiger partial charge in [0.15, 0.2) is 5.11 Å². The molecule has 2 atom stereocenters. The van der Waals surface area contributed by atoms with Crippen molar-refractivity contribution in [2.45, 2.75) is 25.0 Å². The summed E-state index contributed by atoms with van der Waals surface area (Å²) >= 11 is 5.03. The van der Waals surface area contributed by atoms with Gasteiger partial charge in [0, 0.05) is 26.2 Å². The first-order chi connectivity index (χ1) is 7.29. The Kier molecular flexibility index (Phi) is 3.77. The van der Waals surface area contributed by atoms with Crippen molar-refractivity contribution >= 4 is 17.3 Å². The zero-order chi connectivity index (χ0) is 10.7. The van der Waals surface area contributed by atoms with Crippen LogP contribution in [0.15, 0.2) is 0 Å². The summed E-state index contributed by atoms with van der Waals surface area (Å²) in [7, 11) is 1.83. The smallest absolute Gasteiger partial charge is 0.166 e. The van der Waals surface area contributed by atoms with E-state index < -0.39 is 0 Å². The Labute approximate surface area is 96.3 Å². The highest BCUT2D eigenvalue weighted by molar-refractivity contribution is 7.80. The number of rotatable bonds is 2. The van der Waals surface area contributed by atoms with Crippen LogP contribution in [0.1, 0.15) is 12.8 Å². The summed E-state index contributed by atoms with van der Waals surface area (Å²) in [4.78, 5) is 2.54. The minimum absolute atomic E-state index is 0.283. The van der Waals surface area contributed by atoms with Gasteiger partial charge < -0.3 is 15.4 Å². The third kappa shape index (κ3) is 2.80. The van der Waals surface area contributed by atoms with Gasteiger partial charge in [0.25, 0.3) is 0 Å². The van der Waals surface area contributed by atoms with Crippen molar-refractivity contribution in [1.82, 2.24) is 15.5 Å². The Morgan fingerprint density at radius 1 is 1.60 bits per heavy atom. The Morgan fingerprint density at radius 2 is 2.47 bits per heavy atom. The van der Waals surface area contributed by atoms with Crippen LogP contribution < -0.4 is 10.6 Å². The van der Waals surface area contributed by atoms with Crippen LogP contribution >= 0.6 is 12.2 Å². The molecule has 2 fully saturated rings. The molecule has 86 valence electrons. The lowest BCUT2D eigenvalue weighted by atomic mass is 10.2. The number of hydrogen-bond donors (Lipinski definition) is 2. The second-order valence-corrected chi connectivity index (χ2v) is 4.61.